The van der Waals surface area contributed by atoms with Crippen LogP contribution in [-0.2, 0) is 52.3 Å². The van der Waals surface area contributed by atoms with E-state index in [0.29, 0.717) is 37.7 Å². The summed E-state index contributed by atoms with van der Waals surface area (Å²) < 4.78 is 49.0. The second-order valence-electron chi connectivity index (χ2n) is 26.0. The lowest BCUT2D eigenvalue weighted by molar-refractivity contribution is -0.386. The maximum atomic E-state index is 13.9. The molecule has 0 aromatic heterocycles. The van der Waals surface area contributed by atoms with Gasteiger partial charge < -0.3 is 99.2 Å². The van der Waals surface area contributed by atoms with Crippen molar-refractivity contribution >= 4 is 17.9 Å². The lowest BCUT2D eigenvalue weighted by Gasteiger charge is -2.73. The number of fused-ring (bicyclic) bond motifs is 7. The number of carbonyl (C=O) groups excluding carboxylic acids is 2. The van der Waals surface area contributed by atoms with Gasteiger partial charge in [0.1, 0.15) is 67.1 Å². The van der Waals surface area contributed by atoms with Crippen molar-refractivity contribution < 1.29 is 114 Å². The fraction of sp³-hybridized carbons (Fsp3) is 0.842. The minimum absolute atomic E-state index is 0.153. The Morgan fingerprint density at radius 3 is 1.71 bits per heavy atom. The second kappa shape index (κ2) is 22.7. The molecule has 0 spiro atoms. The van der Waals surface area contributed by atoms with E-state index in [1.807, 2.05) is 34.6 Å². The number of carbonyl (C=O) groups is 3. The van der Waals surface area contributed by atoms with Crippen molar-refractivity contribution in [1.82, 2.24) is 0 Å². The molecule has 3 saturated heterocycles. The van der Waals surface area contributed by atoms with Crippen LogP contribution < -0.4 is 0 Å². The largest absolute Gasteiger partial charge is 0.479 e. The zero-order valence-corrected chi connectivity index (χ0v) is 47.7. The van der Waals surface area contributed by atoms with Gasteiger partial charge in [-0.15, -0.1) is 0 Å². The van der Waals surface area contributed by atoms with Crippen LogP contribution in [0.3, 0.4) is 0 Å². The van der Waals surface area contributed by atoms with Gasteiger partial charge in [0.2, 0.25) is 0 Å². The topological polar surface area (TPSA) is 368 Å². The van der Waals surface area contributed by atoms with Crippen molar-refractivity contribution in [3.8, 4) is 0 Å². The van der Waals surface area contributed by atoms with Gasteiger partial charge in [-0.3, -0.25) is 0 Å². The zero-order chi connectivity index (χ0) is 59.3. The van der Waals surface area contributed by atoms with E-state index in [1.54, 1.807) is 39.8 Å². The number of rotatable bonds is 14. The first-order valence-electron chi connectivity index (χ1n) is 28.1. The molecule has 454 valence electrons. The smallest absolute Gasteiger partial charge is 0.335 e. The molecule has 80 heavy (non-hydrogen) atoms. The second-order valence-corrected chi connectivity index (χ2v) is 26.0. The van der Waals surface area contributed by atoms with Gasteiger partial charge in [-0.25, -0.2) is 14.4 Å². The summed E-state index contributed by atoms with van der Waals surface area (Å²) in [6, 6.07) is 0. The van der Waals surface area contributed by atoms with Crippen LogP contribution in [0.4, 0.5) is 0 Å². The van der Waals surface area contributed by atoms with E-state index >= 15 is 0 Å². The Kier molecular flexibility index (Phi) is 17.9. The Bertz CT molecular complexity index is 2390. The van der Waals surface area contributed by atoms with Gasteiger partial charge in [0.25, 0.3) is 0 Å². The SMILES string of the molecule is C/C=C(/C)C(=O)O[C@H]1[C@H](OC(=O)/C(C)=C\C)[C@@]2(CO)C(CC1(C)C)C1=CCC3[C@@]4(C)CC[C@H](O[C@@H]5OC(C(=O)O)[C@@H](O)[C@@H](O[C@@H]6O[C@@H](CO)C(O)[C@@H]6O)C5O[C@@H]5OC(CO)[C@H](O)[C@@H](O)C5O)C(C)(C)C4CC[C@@]3(C)[C@]1(C)[C@@H](O)[C@@H]2O. The van der Waals surface area contributed by atoms with E-state index in [4.69, 9.17) is 37.9 Å². The molecule has 8 aliphatic rings. The number of allylic oxidation sites excluding steroid dienone is 3. The normalized spacial score (nSPS) is 49.0. The predicted octanol–water partition coefficient (Wildman–Crippen LogP) is 0.263. The van der Waals surface area contributed by atoms with Crippen molar-refractivity contribution in [2.45, 2.75) is 231 Å². The molecule has 8 unspecified atom stereocenters. The van der Waals surface area contributed by atoms with E-state index < -0.39 is 193 Å². The molecule has 8 rings (SSSR count). The minimum atomic E-state index is -2.13. The molecule has 0 amide bonds. The van der Waals surface area contributed by atoms with Gasteiger partial charge in [-0.2, -0.15) is 0 Å². The predicted molar refractivity (Wildman–Crippen MR) is 277 cm³/mol. The van der Waals surface area contributed by atoms with E-state index in [2.05, 4.69) is 19.9 Å². The summed E-state index contributed by atoms with van der Waals surface area (Å²) in [7, 11) is 0. The lowest BCUT2D eigenvalue weighted by atomic mass is 9.32. The van der Waals surface area contributed by atoms with Gasteiger partial charge in [0, 0.05) is 22.0 Å². The van der Waals surface area contributed by atoms with Gasteiger partial charge >= 0.3 is 17.9 Å². The summed E-state index contributed by atoms with van der Waals surface area (Å²) in [5, 5.41) is 134. The first-order valence-corrected chi connectivity index (χ1v) is 28.1. The van der Waals surface area contributed by atoms with Gasteiger partial charge in [-0.05, 0) is 100 Å². The van der Waals surface area contributed by atoms with Crippen molar-refractivity contribution in [2.75, 3.05) is 19.8 Å². The van der Waals surface area contributed by atoms with Gasteiger partial charge in [0.05, 0.1) is 43.5 Å². The van der Waals surface area contributed by atoms with E-state index in [-0.39, 0.29) is 23.8 Å². The molecular weight excluding hydrogens is 1050 g/mol. The standard InChI is InChI=1S/C57H88O23/c1-12-24(3)47(71)79-44-45(80-48(72)25(4)13-2)57(23-60)27(20-52(44,5)6)26-14-15-31-54(9)18-17-32(53(7,8)30(54)16-19-55(31,10)56(26,11)42(67)43(57)68)75-51-41(78-50-37(65)35(63)33(61)28(21-58)73-50)39(38(66)40(77-51)46(69)70)76-49-36(64)34(62)29(22-59)74-49/h12-14,27-45,49-51,58-68H,15-23H2,1-11H3,(H,69,70)/b24-12-,25-13-/t27?,28?,29-,30?,31?,32-,33-,34?,35+,36-,37?,38-,39+,40?,41?,42-,43-,44-,45-,49-,50-,51+,54-,55+,56-,57-/m0/s1. The highest BCUT2D eigenvalue weighted by Gasteiger charge is 2.76. The van der Waals surface area contributed by atoms with Crippen LogP contribution in [0, 0.1) is 50.2 Å². The maximum absolute atomic E-state index is 13.9. The van der Waals surface area contributed by atoms with Crippen molar-refractivity contribution in [3.05, 3.63) is 34.9 Å². The molecule has 0 aromatic carbocycles. The average Bonchev–Trinajstić information content (AvgIpc) is 3.72. The van der Waals surface area contributed by atoms with Crippen LogP contribution in [0.2, 0.25) is 0 Å². The molecule has 26 atom stereocenters. The molecule has 5 aliphatic carbocycles. The molecule has 0 aromatic rings. The van der Waals surface area contributed by atoms with Crippen LogP contribution in [0.1, 0.15) is 115 Å². The summed E-state index contributed by atoms with van der Waals surface area (Å²) in [6.07, 6.45) is -24.0. The molecular formula is C57H88O23. The summed E-state index contributed by atoms with van der Waals surface area (Å²) in [5.41, 5.74) is -4.40. The van der Waals surface area contributed by atoms with Crippen molar-refractivity contribution in [3.63, 3.8) is 0 Å². The molecule has 4 saturated carbocycles. The molecule has 23 heteroatoms. The van der Waals surface area contributed by atoms with E-state index in [0.717, 1.165) is 5.57 Å². The lowest BCUT2D eigenvalue weighted by Crippen LogP contribution is -2.76. The van der Waals surface area contributed by atoms with E-state index in [9.17, 15) is 75.7 Å². The van der Waals surface area contributed by atoms with Crippen LogP contribution in [0.15, 0.2) is 34.9 Å². The number of hydrogen-bond donors (Lipinski definition) is 12. The number of carboxylic acid groups (broad SMARTS) is 1. The highest BCUT2D eigenvalue weighted by atomic mass is 16.8. The van der Waals surface area contributed by atoms with Gasteiger partial charge in [-0.1, -0.05) is 72.3 Å². The third-order valence-corrected chi connectivity index (χ3v) is 21.4. The zero-order valence-electron chi connectivity index (χ0n) is 47.7. The quantitative estimate of drug-likeness (QED) is 0.0480. The Morgan fingerprint density at radius 1 is 0.637 bits per heavy atom. The Balaban J connectivity index is 1.14. The van der Waals surface area contributed by atoms with Crippen LogP contribution >= 0.6 is 0 Å². The van der Waals surface area contributed by atoms with Gasteiger partial charge in [0.15, 0.2) is 31.1 Å². The molecule has 3 aliphatic heterocycles. The fourth-order valence-electron chi connectivity index (χ4n) is 16.2. The number of esters is 2. The first kappa shape index (κ1) is 63.0. The number of aliphatic carboxylic acids is 1. The first-order chi connectivity index (χ1) is 37.3. The summed E-state index contributed by atoms with van der Waals surface area (Å²) in [4.78, 5) is 40.3. The third-order valence-electron chi connectivity index (χ3n) is 21.4. The molecule has 3 heterocycles. The number of hydrogen-bond acceptors (Lipinski definition) is 22. The highest BCUT2D eigenvalue weighted by Crippen LogP contribution is 2.76. The molecule has 7 fully saturated rings. The maximum Gasteiger partial charge on any atom is 0.335 e. The summed E-state index contributed by atoms with van der Waals surface area (Å²) >= 11 is 0. The number of aliphatic hydroxyl groups excluding tert-OH is 11. The molecule has 23 nitrogen and oxygen atoms in total. The van der Waals surface area contributed by atoms with Crippen LogP contribution in [0.5, 0.6) is 0 Å². The molecule has 12 N–H and O–H groups in total. The Morgan fingerprint density at radius 2 is 1.18 bits per heavy atom. The Labute approximate surface area is 466 Å². The highest BCUT2D eigenvalue weighted by molar-refractivity contribution is 5.89. The van der Waals surface area contributed by atoms with Crippen molar-refractivity contribution in [1.29, 1.82) is 0 Å². The fourth-order valence-corrected chi connectivity index (χ4v) is 16.2. The third kappa shape index (κ3) is 9.76. The number of aliphatic hydroxyl groups is 11. The molecule has 0 bridgehead atoms. The summed E-state index contributed by atoms with van der Waals surface area (Å²) in [6.45, 7) is 18.4. The van der Waals surface area contributed by atoms with Crippen LogP contribution in [0.25, 0.3) is 0 Å². The summed E-state index contributed by atoms with van der Waals surface area (Å²) in [5.74, 6) is -4.01. The van der Waals surface area contributed by atoms with Crippen molar-refractivity contribution in [2.24, 2.45) is 50.2 Å². The number of carboxylic acids is 1. The minimum Gasteiger partial charge on any atom is -0.479 e. The van der Waals surface area contributed by atoms with E-state index in [1.165, 1.54) is 0 Å². The van der Waals surface area contributed by atoms with Crippen LogP contribution in [-0.4, -0.2) is 216 Å². The average molecular weight is 1140 g/mol. The monoisotopic (exact) mass is 1140 g/mol. The number of ether oxygens (including phenoxy) is 8. The Hall–Kier alpha value is -3.05. The molecule has 0 radical (unpaired) electrons.